The molecule has 0 aromatic heterocycles. The highest BCUT2D eigenvalue weighted by atomic mass is 79.9. The molecule has 0 radical (unpaired) electrons. The standard InChI is InChI=1S/C14H17BrF2O3/c1-8-5-11(20-4)9(6-10(8)15)14(16,17)7-13(2,3)12(18)19/h5-6H,7H2,1-4H3,(H,18,19). The molecule has 0 aliphatic heterocycles. The van der Waals surface area contributed by atoms with Gasteiger partial charge in [-0.2, -0.15) is 0 Å². The topological polar surface area (TPSA) is 46.5 Å². The number of rotatable bonds is 5. The van der Waals surface area contributed by atoms with E-state index in [0.29, 0.717) is 4.47 Å². The predicted octanol–water partition coefficient (Wildman–Crippen LogP) is 4.36. The minimum Gasteiger partial charge on any atom is -0.496 e. The number of carboxylic acids is 1. The molecule has 0 atom stereocenters. The maximum atomic E-state index is 14.4. The molecule has 3 nitrogen and oxygen atoms in total. The fraction of sp³-hybridized carbons (Fsp3) is 0.500. The fourth-order valence-corrected chi connectivity index (χ4v) is 2.18. The van der Waals surface area contributed by atoms with Gasteiger partial charge in [-0.25, -0.2) is 8.78 Å². The lowest BCUT2D eigenvalue weighted by atomic mass is 9.84. The zero-order valence-electron chi connectivity index (χ0n) is 11.8. The van der Waals surface area contributed by atoms with Crippen LogP contribution in [0.3, 0.4) is 0 Å². The molecule has 0 spiro atoms. The minimum absolute atomic E-state index is 0.0527. The molecule has 0 heterocycles. The van der Waals surface area contributed by atoms with E-state index < -0.39 is 23.7 Å². The minimum atomic E-state index is -3.30. The Hall–Kier alpha value is -1.17. The lowest BCUT2D eigenvalue weighted by Gasteiger charge is -2.27. The van der Waals surface area contributed by atoms with Gasteiger partial charge in [0, 0.05) is 10.9 Å². The molecule has 0 aliphatic carbocycles. The average molecular weight is 351 g/mol. The van der Waals surface area contributed by atoms with Gasteiger partial charge in [-0.1, -0.05) is 15.9 Å². The van der Waals surface area contributed by atoms with Crippen molar-refractivity contribution in [2.24, 2.45) is 5.41 Å². The molecule has 0 aliphatic rings. The van der Waals surface area contributed by atoms with E-state index in [1.165, 1.54) is 33.1 Å². The van der Waals surface area contributed by atoms with Crippen LogP contribution >= 0.6 is 15.9 Å². The number of carboxylic acid groups (broad SMARTS) is 1. The molecule has 6 heteroatoms. The summed E-state index contributed by atoms with van der Waals surface area (Å²) in [4.78, 5) is 11.0. The van der Waals surface area contributed by atoms with Crippen LogP contribution in [0, 0.1) is 12.3 Å². The Labute approximate surface area is 125 Å². The summed E-state index contributed by atoms with van der Waals surface area (Å²) in [6, 6.07) is 2.78. The summed E-state index contributed by atoms with van der Waals surface area (Å²) in [6.45, 7) is 4.31. The van der Waals surface area contributed by atoms with Gasteiger partial charge < -0.3 is 9.84 Å². The molecule has 0 unspecified atom stereocenters. The van der Waals surface area contributed by atoms with E-state index in [1.54, 1.807) is 6.92 Å². The Bertz CT molecular complexity index is 527. The SMILES string of the molecule is COc1cc(C)c(Br)cc1C(F)(F)CC(C)(C)C(=O)O. The first-order chi connectivity index (χ1) is 9.01. The molecule has 0 amide bonds. The van der Waals surface area contributed by atoms with Crippen molar-refractivity contribution in [3.8, 4) is 5.75 Å². The van der Waals surface area contributed by atoms with Crippen LogP contribution in [0.4, 0.5) is 8.78 Å². The van der Waals surface area contributed by atoms with Gasteiger partial charge in [-0.3, -0.25) is 4.79 Å². The van der Waals surface area contributed by atoms with Crippen molar-refractivity contribution in [3.05, 3.63) is 27.7 Å². The maximum absolute atomic E-state index is 14.4. The van der Waals surface area contributed by atoms with E-state index in [1.807, 2.05) is 0 Å². The van der Waals surface area contributed by atoms with Crippen molar-refractivity contribution >= 4 is 21.9 Å². The first kappa shape index (κ1) is 16.9. The Morgan fingerprint density at radius 3 is 2.40 bits per heavy atom. The van der Waals surface area contributed by atoms with Crippen molar-refractivity contribution in [1.82, 2.24) is 0 Å². The molecule has 112 valence electrons. The van der Waals surface area contributed by atoms with Crippen molar-refractivity contribution in [2.45, 2.75) is 33.1 Å². The third kappa shape index (κ3) is 3.48. The highest BCUT2D eigenvalue weighted by Crippen LogP contribution is 2.44. The molecule has 1 N–H and O–H groups in total. The number of ether oxygens (including phenoxy) is 1. The van der Waals surface area contributed by atoms with Gasteiger partial charge in [0.05, 0.1) is 18.1 Å². The largest absolute Gasteiger partial charge is 0.496 e. The normalized spacial score (nSPS) is 12.3. The molecule has 0 saturated heterocycles. The number of halogens is 3. The fourth-order valence-electron chi connectivity index (χ4n) is 1.84. The Balaban J connectivity index is 3.28. The Morgan fingerprint density at radius 2 is 1.95 bits per heavy atom. The Kier molecular flexibility index (Phi) is 4.79. The molecular formula is C14H17BrF2O3. The molecule has 0 saturated carbocycles. The van der Waals surface area contributed by atoms with Crippen molar-refractivity contribution in [3.63, 3.8) is 0 Å². The predicted molar refractivity (Wildman–Crippen MR) is 75.4 cm³/mol. The summed E-state index contributed by atoms with van der Waals surface area (Å²) in [5, 5.41) is 9.00. The van der Waals surface area contributed by atoms with Crippen molar-refractivity contribution < 1.29 is 23.4 Å². The van der Waals surface area contributed by atoms with Crippen LogP contribution in [0.25, 0.3) is 0 Å². The number of benzene rings is 1. The first-order valence-electron chi connectivity index (χ1n) is 5.97. The quantitative estimate of drug-likeness (QED) is 0.858. The van der Waals surface area contributed by atoms with Crippen molar-refractivity contribution in [1.29, 1.82) is 0 Å². The molecule has 1 aromatic rings. The maximum Gasteiger partial charge on any atom is 0.309 e. The second-order valence-electron chi connectivity index (χ2n) is 5.37. The van der Waals surface area contributed by atoms with Gasteiger partial charge in [0.2, 0.25) is 0 Å². The van der Waals surface area contributed by atoms with Crippen molar-refractivity contribution in [2.75, 3.05) is 7.11 Å². The Morgan fingerprint density at radius 1 is 1.40 bits per heavy atom. The summed E-state index contributed by atoms with van der Waals surface area (Å²) >= 11 is 3.21. The van der Waals surface area contributed by atoms with E-state index in [-0.39, 0.29) is 11.3 Å². The summed E-state index contributed by atoms with van der Waals surface area (Å²) in [7, 11) is 1.31. The van der Waals surface area contributed by atoms with Gasteiger partial charge >= 0.3 is 5.97 Å². The molecule has 1 rings (SSSR count). The number of alkyl halides is 2. The van der Waals surface area contributed by atoms with E-state index in [4.69, 9.17) is 9.84 Å². The van der Waals surface area contributed by atoms with Gasteiger partial charge in [-0.15, -0.1) is 0 Å². The van der Waals surface area contributed by atoms with Crippen LogP contribution in [0.1, 0.15) is 31.4 Å². The number of aliphatic carboxylic acids is 1. The van der Waals surface area contributed by atoms with E-state index in [0.717, 1.165) is 5.56 Å². The van der Waals surface area contributed by atoms with E-state index >= 15 is 0 Å². The number of hydrogen-bond donors (Lipinski definition) is 1. The number of hydrogen-bond acceptors (Lipinski definition) is 2. The van der Waals surface area contributed by atoms with Crippen LogP contribution < -0.4 is 4.74 Å². The van der Waals surface area contributed by atoms with Crippen LogP contribution in [0.15, 0.2) is 16.6 Å². The van der Waals surface area contributed by atoms with Crippen LogP contribution in [-0.4, -0.2) is 18.2 Å². The smallest absolute Gasteiger partial charge is 0.309 e. The molecule has 0 fully saturated rings. The van der Waals surface area contributed by atoms with Crippen LogP contribution in [-0.2, 0) is 10.7 Å². The summed E-state index contributed by atoms with van der Waals surface area (Å²) in [5.74, 6) is -4.51. The summed E-state index contributed by atoms with van der Waals surface area (Å²) in [6.07, 6.45) is -0.804. The van der Waals surface area contributed by atoms with Gasteiger partial charge in [0.25, 0.3) is 5.92 Å². The van der Waals surface area contributed by atoms with Gasteiger partial charge in [0.1, 0.15) is 5.75 Å². The van der Waals surface area contributed by atoms with E-state index in [2.05, 4.69) is 15.9 Å². The third-order valence-electron chi connectivity index (χ3n) is 3.12. The monoisotopic (exact) mass is 350 g/mol. The number of aryl methyl sites for hydroxylation is 1. The van der Waals surface area contributed by atoms with Crippen LogP contribution in [0.2, 0.25) is 0 Å². The third-order valence-corrected chi connectivity index (χ3v) is 3.97. The van der Waals surface area contributed by atoms with E-state index in [9.17, 15) is 13.6 Å². The molecule has 1 aromatic carbocycles. The molecule has 20 heavy (non-hydrogen) atoms. The summed E-state index contributed by atoms with van der Waals surface area (Å²) < 4.78 is 34.3. The summed E-state index contributed by atoms with van der Waals surface area (Å²) in [5.41, 5.74) is -1.09. The number of carbonyl (C=O) groups is 1. The average Bonchev–Trinajstić information content (AvgIpc) is 2.30. The second kappa shape index (κ2) is 5.68. The zero-order chi connectivity index (χ0) is 15.7. The highest BCUT2D eigenvalue weighted by molar-refractivity contribution is 9.10. The first-order valence-corrected chi connectivity index (χ1v) is 6.76. The molecular weight excluding hydrogens is 334 g/mol. The lowest BCUT2D eigenvalue weighted by Crippen LogP contribution is -2.31. The highest BCUT2D eigenvalue weighted by Gasteiger charge is 2.44. The number of methoxy groups -OCH3 is 1. The van der Waals surface area contributed by atoms with Crippen LogP contribution in [0.5, 0.6) is 5.75 Å². The molecule has 0 bridgehead atoms. The lowest BCUT2D eigenvalue weighted by molar-refractivity contribution is -0.153. The zero-order valence-corrected chi connectivity index (χ0v) is 13.3. The van der Waals surface area contributed by atoms with Gasteiger partial charge in [-0.05, 0) is 38.5 Å². The second-order valence-corrected chi connectivity index (χ2v) is 6.23. The van der Waals surface area contributed by atoms with Gasteiger partial charge in [0.15, 0.2) is 0 Å².